The molecule has 0 radical (unpaired) electrons. The standard InChI is InChI=1S/C10H12Cl2O3/c11-4-3-9(14)10(15)7-2-1-6(13)5-8(7)12/h1-2,5,9-10,13-15H,3-4H2. The molecule has 3 N–H and O–H groups in total. The van der Waals surface area contributed by atoms with Gasteiger partial charge < -0.3 is 15.3 Å². The Morgan fingerprint density at radius 3 is 2.47 bits per heavy atom. The maximum absolute atomic E-state index is 9.72. The van der Waals surface area contributed by atoms with Gasteiger partial charge in [-0.25, -0.2) is 0 Å². The van der Waals surface area contributed by atoms with Gasteiger partial charge in [0.25, 0.3) is 0 Å². The van der Waals surface area contributed by atoms with E-state index >= 15 is 0 Å². The predicted molar refractivity (Wildman–Crippen MR) is 59.4 cm³/mol. The van der Waals surface area contributed by atoms with Crippen molar-refractivity contribution in [1.82, 2.24) is 0 Å². The first-order valence-corrected chi connectivity index (χ1v) is 5.38. The van der Waals surface area contributed by atoms with Gasteiger partial charge in [-0.1, -0.05) is 17.7 Å². The van der Waals surface area contributed by atoms with E-state index in [-0.39, 0.29) is 23.1 Å². The lowest BCUT2D eigenvalue weighted by Gasteiger charge is -2.18. The van der Waals surface area contributed by atoms with Gasteiger partial charge in [0.1, 0.15) is 11.9 Å². The van der Waals surface area contributed by atoms with Crippen LogP contribution in [0.25, 0.3) is 0 Å². The van der Waals surface area contributed by atoms with Crippen molar-refractivity contribution in [2.45, 2.75) is 18.6 Å². The molecule has 0 spiro atoms. The summed E-state index contributed by atoms with van der Waals surface area (Å²) in [5.74, 6) is 0.274. The second kappa shape index (κ2) is 5.56. The highest BCUT2D eigenvalue weighted by molar-refractivity contribution is 6.31. The summed E-state index contributed by atoms with van der Waals surface area (Å²) < 4.78 is 0. The van der Waals surface area contributed by atoms with Gasteiger partial charge in [0.2, 0.25) is 0 Å². The minimum absolute atomic E-state index is 0.0165. The number of hydrogen-bond donors (Lipinski definition) is 3. The molecule has 1 aromatic rings. The first-order chi connectivity index (χ1) is 7.06. The summed E-state index contributed by atoms with van der Waals surface area (Å²) in [5.41, 5.74) is 0.382. The van der Waals surface area contributed by atoms with Crippen LogP contribution in [0.15, 0.2) is 18.2 Å². The Labute approximate surface area is 97.9 Å². The molecule has 5 heteroatoms. The number of hydrogen-bond acceptors (Lipinski definition) is 3. The molecule has 0 saturated heterocycles. The van der Waals surface area contributed by atoms with E-state index in [1.54, 1.807) is 0 Å². The van der Waals surface area contributed by atoms with E-state index in [4.69, 9.17) is 28.3 Å². The van der Waals surface area contributed by atoms with Gasteiger partial charge in [-0.05, 0) is 18.6 Å². The lowest BCUT2D eigenvalue weighted by molar-refractivity contribution is 0.0170. The normalized spacial score (nSPS) is 14.9. The number of halogens is 2. The monoisotopic (exact) mass is 250 g/mol. The van der Waals surface area contributed by atoms with E-state index in [2.05, 4.69) is 0 Å². The van der Waals surface area contributed by atoms with E-state index in [9.17, 15) is 10.2 Å². The zero-order valence-corrected chi connectivity index (χ0v) is 9.41. The summed E-state index contributed by atoms with van der Waals surface area (Å²) in [5, 5.41) is 28.6. The molecule has 1 aromatic carbocycles. The molecule has 1 rings (SSSR count). The van der Waals surface area contributed by atoms with Crippen LogP contribution in [0, 0.1) is 0 Å². The molecule has 3 nitrogen and oxygen atoms in total. The zero-order chi connectivity index (χ0) is 11.4. The molecule has 0 aliphatic heterocycles. The smallest absolute Gasteiger partial charge is 0.117 e. The molecular formula is C10H12Cl2O3. The van der Waals surface area contributed by atoms with Gasteiger partial charge in [0.15, 0.2) is 0 Å². The molecule has 2 unspecified atom stereocenters. The third kappa shape index (κ3) is 3.24. The van der Waals surface area contributed by atoms with Gasteiger partial charge in [0, 0.05) is 11.4 Å². The summed E-state index contributed by atoms with van der Waals surface area (Å²) >= 11 is 11.3. The van der Waals surface area contributed by atoms with E-state index in [1.807, 2.05) is 0 Å². The van der Waals surface area contributed by atoms with Crippen LogP contribution in [0.1, 0.15) is 18.1 Å². The van der Waals surface area contributed by atoms with Crippen LogP contribution < -0.4 is 0 Å². The highest BCUT2D eigenvalue weighted by atomic mass is 35.5. The van der Waals surface area contributed by atoms with Crippen molar-refractivity contribution >= 4 is 23.2 Å². The minimum atomic E-state index is -1.09. The van der Waals surface area contributed by atoms with Crippen LogP contribution in [0.4, 0.5) is 0 Å². The van der Waals surface area contributed by atoms with Crippen molar-refractivity contribution in [3.63, 3.8) is 0 Å². The van der Waals surface area contributed by atoms with Crippen molar-refractivity contribution in [1.29, 1.82) is 0 Å². The lowest BCUT2D eigenvalue weighted by Crippen LogP contribution is -2.18. The van der Waals surface area contributed by atoms with E-state index < -0.39 is 12.2 Å². The first kappa shape index (κ1) is 12.6. The molecule has 0 aliphatic rings. The molecule has 0 bridgehead atoms. The van der Waals surface area contributed by atoms with Gasteiger partial charge in [0.05, 0.1) is 11.1 Å². The van der Waals surface area contributed by atoms with Crippen LogP contribution in [0.2, 0.25) is 5.02 Å². The molecule has 2 atom stereocenters. The maximum Gasteiger partial charge on any atom is 0.117 e. The predicted octanol–water partition coefficient (Wildman–Crippen LogP) is 2.07. The number of aliphatic hydroxyl groups excluding tert-OH is 2. The largest absolute Gasteiger partial charge is 0.508 e. The molecule has 15 heavy (non-hydrogen) atoms. The highest BCUT2D eigenvalue weighted by Gasteiger charge is 2.20. The van der Waals surface area contributed by atoms with Crippen molar-refractivity contribution in [3.8, 4) is 5.75 Å². The Kier molecular flexibility index (Phi) is 4.67. The summed E-state index contributed by atoms with van der Waals surface area (Å²) in [4.78, 5) is 0. The quantitative estimate of drug-likeness (QED) is 0.718. The fourth-order valence-electron chi connectivity index (χ4n) is 1.23. The van der Waals surface area contributed by atoms with Crippen molar-refractivity contribution < 1.29 is 15.3 Å². The molecule has 0 aromatic heterocycles. The zero-order valence-electron chi connectivity index (χ0n) is 7.90. The second-order valence-corrected chi connectivity index (χ2v) is 3.98. The Balaban J connectivity index is 2.86. The van der Waals surface area contributed by atoms with E-state index in [0.29, 0.717) is 5.56 Å². The van der Waals surface area contributed by atoms with Gasteiger partial charge in [-0.3, -0.25) is 0 Å². The average molecular weight is 251 g/mol. The third-order valence-electron chi connectivity index (χ3n) is 2.07. The van der Waals surface area contributed by atoms with Gasteiger partial charge in [-0.2, -0.15) is 0 Å². The number of alkyl halides is 1. The number of phenols is 1. The van der Waals surface area contributed by atoms with E-state index in [1.165, 1.54) is 18.2 Å². The highest BCUT2D eigenvalue weighted by Crippen LogP contribution is 2.29. The van der Waals surface area contributed by atoms with Crippen LogP contribution >= 0.6 is 23.2 Å². The Hall–Kier alpha value is -0.480. The first-order valence-electron chi connectivity index (χ1n) is 4.46. The lowest BCUT2D eigenvalue weighted by atomic mass is 10.0. The number of benzene rings is 1. The molecule has 0 aliphatic carbocycles. The summed E-state index contributed by atoms with van der Waals surface area (Å²) in [6.45, 7) is 0. The van der Waals surface area contributed by atoms with Gasteiger partial charge in [-0.15, -0.1) is 11.6 Å². The fourth-order valence-corrected chi connectivity index (χ4v) is 1.74. The number of aromatic hydroxyl groups is 1. The Morgan fingerprint density at radius 2 is 1.93 bits per heavy atom. The maximum atomic E-state index is 9.72. The molecule has 0 saturated carbocycles. The average Bonchev–Trinajstić information content (AvgIpc) is 2.17. The number of rotatable bonds is 4. The van der Waals surface area contributed by atoms with Crippen LogP contribution in [-0.2, 0) is 0 Å². The molecule has 0 amide bonds. The van der Waals surface area contributed by atoms with E-state index in [0.717, 1.165) is 0 Å². The fraction of sp³-hybridized carbons (Fsp3) is 0.400. The SMILES string of the molecule is Oc1ccc(C(O)C(O)CCCl)c(Cl)c1. The molecule has 84 valence electrons. The van der Waals surface area contributed by atoms with Crippen molar-refractivity contribution in [2.75, 3.05) is 5.88 Å². The number of aliphatic hydroxyl groups is 2. The second-order valence-electron chi connectivity index (χ2n) is 3.20. The van der Waals surface area contributed by atoms with Crippen molar-refractivity contribution in [2.24, 2.45) is 0 Å². The minimum Gasteiger partial charge on any atom is -0.508 e. The summed E-state index contributed by atoms with van der Waals surface area (Å²) in [7, 11) is 0. The molecule has 0 heterocycles. The third-order valence-corrected chi connectivity index (χ3v) is 2.62. The van der Waals surface area contributed by atoms with Crippen molar-refractivity contribution in [3.05, 3.63) is 28.8 Å². The molecular weight excluding hydrogens is 239 g/mol. The topological polar surface area (TPSA) is 60.7 Å². The van der Waals surface area contributed by atoms with Crippen LogP contribution in [-0.4, -0.2) is 27.3 Å². The van der Waals surface area contributed by atoms with Crippen LogP contribution in [0.3, 0.4) is 0 Å². The molecule has 0 fully saturated rings. The Morgan fingerprint density at radius 1 is 1.27 bits per heavy atom. The van der Waals surface area contributed by atoms with Gasteiger partial charge >= 0.3 is 0 Å². The number of phenolic OH excluding ortho intramolecular Hbond substituents is 1. The Bertz CT molecular complexity index is 330. The summed E-state index contributed by atoms with van der Waals surface area (Å²) in [6.07, 6.45) is -1.76. The van der Waals surface area contributed by atoms with Crippen LogP contribution in [0.5, 0.6) is 5.75 Å². The summed E-state index contributed by atoms with van der Waals surface area (Å²) in [6, 6.07) is 4.19.